The molecule has 1 aliphatic rings. The molecule has 0 radical (unpaired) electrons. The fourth-order valence-electron chi connectivity index (χ4n) is 3.22. The van der Waals surface area contributed by atoms with E-state index < -0.39 is 11.5 Å². The number of benzene rings is 1. The smallest absolute Gasteiger partial charge is 0.329 e. The number of hydrogen-bond donors (Lipinski definition) is 2. The summed E-state index contributed by atoms with van der Waals surface area (Å²) in [6, 6.07) is 9.66. The lowest BCUT2D eigenvalue weighted by atomic mass is 9.89. The van der Waals surface area contributed by atoms with E-state index in [1.165, 1.54) is 19.3 Å². The maximum absolute atomic E-state index is 11.9. The van der Waals surface area contributed by atoms with Crippen LogP contribution in [-0.2, 0) is 4.79 Å². The van der Waals surface area contributed by atoms with Crippen molar-refractivity contribution < 1.29 is 9.90 Å². The Morgan fingerprint density at radius 2 is 1.91 bits per heavy atom. The Labute approximate surface area is 133 Å². The van der Waals surface area contributed by atoms with Gasteiger partial charge in [0, 0.05) is 5.69 Å². The maximum atomic E-state index is 11.9. The molecule has 4 nitrogen and oxygen atoms in total. The number of likely N-dealkylation sites (tertiary alicyclic amines) is 1. The van der Waals surface area contributed by atoms with E-state index in [0.717, 1.165) is 31.7 Å². The third-order valence-corrected chi connectivity index (χ3v) is 4.70. The fourth-order valence-corrected chi connectivity index (χ4v) is 3.22. The molecule has 22 heavy (non-hydrogen) atoms. The predicted octanol–water partition coefficient (Wildman–Crippen LogP) is 3.60. The van der Waals surface area contributed by atoms with Crippen LogP contribution in [0.1, 0.15) is 45.4 Å². The SMILES string of the molecule is CCC(CCCN1CCCCC1)(Nc1ccccc1)C(=O)O. The van der Waals surface area contributed by atoms with E-state index in [1.54, 1.807) is 0 Å². The van der Waals surface area contributed by atoms with Gasteiger partial charge in [0.15, 0.2) is 0 Å². The first-order valence-electron chi connectivity index (χ1n) is 8.45. The third-order valence-electron chi connectivity index (χ3n) is 4.70. The lowest BCUT2D eigenvalue weighted by Gasteiger charge is -2.32. The molecule has 1 fully saturated rings. The number of rotatable bonds is 8. The molecule has 0 bridgehead atoms. The van der Waals surface area contributed by atoms with Gasteiger partial charge in [-0.05, 0) is 63.9 Å². The topological polar surface area (TPSA) is 52.6 Å². The monoisotopic (exact) mass is 304 g/mol. The molecule has 4 heteroatoms. The van der Waals surface area contributed by atoms with Crippen LogP contribution in [0.2, 0.25) is 0 Å². The highest BCUT2D eigenvalue weighted by atomic mass is 16.4. The molecular formula is C18H28N2O2. The van der Waals surface area contributed by atoms with Crippen molar-refractivity contribution >= 4 is 11.7 Å². The lowest BCUT2D eigenvalue weighted by Crippen LogP contribution is -2.46. The minimum atomic E-state index is -0.864. The van der Waals surface area contributed by atoms with E-state index >= 15 is 0 Å². The van der Waals surface area contributed by atoms with Gasteiger partial charge >= 0.3 is 5.97 Å². The first-order chi connectivity index (χ1) is 10.7. The van der Waals surface area contributed by atoms with Crippen LogP contribution in [0.5, 0.6) is 0 Å². The Morgan fingerprint density at radius 3 is 2.50 bits per heavy atom. The van der Waals surface area contributed by atoms with Crippen LogP contribution >= 0.6 is 0 Å². The number of anilines is 1. The Morgan fingerprint density at radius 1 is 1.23 bits per heavy atom. The van der Waals surface area contributed by atoms with Crippen LogP contribution in [0.4, 0.5) is 5.69 Å². The molecule has 1 saturated heterocycles. The van der Waals surface area contributed by atoms with E-state index in [2.05, 4.69) is 10.2 Å². The highest BCUT2D eigenvalue weighted by Crippen LogP contribution is 2.25. The third kappa shape index (κ3) is 4.47. The zero-order valence-corrected chi connectivity index (χ0v) is 13.6. The minimum Gasteiger partial charge on any atom is -0.480 e. The molecule has 0 saturated carbocycles. The molecule has 1 aromatic carbocycles. The van der Waals surface area contributed by atoms with Crippen molar-refractivity contribution in [3.8, 4) is 0 Å². The summed E-state index contributed by atoms with van der Waals surface area (Å²) in [5.41, 5.74) is 0.0154. The second kappa shape index (κ2) is 8.18. The molecule has 1 atom stereocenters. The van der Waals surface area contributed by atoms with Crippen LogP contribution in [0.3, 0.4) is 0 Å². The van der Waals surface area contributed by atoms with Crippen LogP contribution in [0, 0.1) is 0 Å². The van der Waals surface area contributed by atoms with Crippen molar-refractivity contribution in [1.82, 2.24) is 4.90 Å². The van der Waals surface area contributed by atoms with Gasteiger partial charge in [-0.3, -0.25) is 0 Å². The van der Waals surface area contributed by atoms with Gasteiger partial charge in [-0.15, -0.1) is 0 Å². The molecule has 1 unspecified atom stereocenters. The number of nitrogens with zero attached hydrogens (tertiary/aromatic N) is 1. The van der Waals surface area contributed by atoms with E-state index in [-0.39, 0.29) is 0 Å². The minimum absolute atomic E-state index is 0.581. The summed E-state index contributed by atoms with van der Waals surface area (Å²) >= 11 is 0. The van der Waals surface area contributed by atoms with Gasteiger partial charge in [0.2, 0.25) is 0 Å². The van der Waals surface area contributed by atoms with Crippen LogP contribution in [-0.4, -0.2) is 41.1 Å². The maximum Gasteiger partial charge on any atom is 0.329 e. The summed E-state index contributed by atoms with van der Waals surface area (Å²) in [5.74, 6) is -0.752. The quantitative estimate of drug-likeness (QED) is 0.770. The molecule has 1 heterocycles. The highest BCUT2D eigenvalue weighted by molar-refractivity contribution is 5.82. The number of nitrogens with one attached hydrogen (secondary N) is 1. The summed E-state index contributed by atoms with van der Waals surface area (Å²) in [5, 5.41) is 13.0. The molecule has 1 aliphatic heterocycles. The van der Waals surface area contributed by atoms with E-state index in [9.17, 15) is 9.90 Å². The van der Waals surface area contributed by atoms with Gasteiger partial charge in [0.25, 0.3) is 0 Å². The second-order valence-electron chi connectivity index (χ2n) is 6.24. The largest absolute Gasteiger partial charge is 0.480 e. The standard InChI is InChI=1S/C18H28N2O2/c1-2-18(17(21)22,19-16-10-5-3-6-11-16)12-9-15-20-13-7-4-8-14-20/h3,5-6,10-11,19H,2,4,7-9,12-15H2,1H3,(H,21,22). The first-order valence-corrected chi connectivity index (χ1v) is 8.45. The van der Waals surface area contributed by atoms with Gasteiger partial charge in [0.1, 0.15) is 5.54 Å². The van der Waals surface area contributed by atoms with Gasteiger partial charge in [-0.25, -0.2) is 4.79 Å². The van der Waals surface area contributed by atoms with Gasteiger partial charge in [-0.2, -0.15) is 0 Å². The van der Waals surface area contributed by atoms with Crippen molar-refractivity contribution in [2.24, 2.45) is 0 Å². The zero-order chi connectivity index (χ0) is 15.8. The number of para-hydroxylation sites is 1. The average Bonchev–Trinajstić information content (AvgIpc) is 2.55. The molecule has 2 N–H and O–H groups in total. The molecular weight excluding hydrogens is 276 g/mol. The summed E-state index contributed by atoms with van der Waals surface area (Å²) in [7, 11) is 0. The number of piperidine rings is 1. The van der Waals surface area contributed by atoms with Crippen molar-refractivity contribution in [1.29, 1.82) is 0 Å². The van der Waals surface area contributed by atoms with Crippen molar-refractivity contribution in [2.45, 2.75) is 51.0 Å². The molecule has 0 aliphatic carbocycles. The van der Waals surface area contributed by atoms with E-state index in [0.29, 0.717) is 12.8 Å². The predicted molar refractivity (Wildman–Crippen MR) is 90.2 cm³/mol. The number of hydrogen-bond acceptors (Lipinski definition) is 3. The molecule has 2 rings (SSSR count). The molecule has 0 aromatic heterocycles. The van der Waals surface area contributed by atoms with Gasteiger partial charge in [0.05, 0.1) is 0 Å². The Hall–Kier alpha value is -1.55. The lowest BCUT2D eigenvalue weighted by molar-refractivity contribution is -0.142. The summed E-state index contributed by atoms with van der Waals surface area (Å²) < 4.78 is 0. The Kier molecular flexibility index (Phi) is 6.25. The van der Waals surface area contributed by atoms with Crippen LogP contribution in [0.25, 0.3) is 0 Å². The van der Waals surface area contributed by atoms with Crippen LogP contribution in [0.15, 0.2) is 30.3 Å². The van der Waals surface area contributed by atoms with Crippen LogP contribution < -0.4 is 5.32 Å². The summed E-state index contributed by atoms with van der Waals surface area (Å²) in [6.45, 7) is 5.28. The van der Waals surface area contributed by atoms with Crippen molar-refractivity contribution in [3.63, 3.8) is 0 Å². The normalized spacial score (nSPS) is 18.6. The van der Waals surface area contributed by atoms with Crippen molar-refractivity contribution in [3.05, 3.63) is 30.3 Å². The number of carboxylic acids is 1. The zero-order valence-electron chi connectivity index (χ0n) is 13.6. The van der Waals surface area contributed by atoms with Crippen molar-refractivity contribution in [2.75, 3.05) is 25.0 Å². The molecule has 1 aromatic rings. The Balaban J connectivity index is 1.94. The summed E-state index contributed by atoms with van der Waals surface area (Å²) in [6.07, 6.45) is 6.04. The highest BCUT2D eigenvalue weighted by Gasteiger charge is 2.36. The second-order valence-corrected chi connectivity index (χ2v) is 6.24. The average molecular weight is 304 g/mol. The van der Waals surface area contributed by atoms with E-state index in [4.69, 9.17) is 0 Å². The molecule has 0 spiro atoms. The fraction of sp³-hybridized carbons (Fsp3) is 0.611. The molecule has 0 amide bonds. The number of carbonyl (C=O) groups is 1. The Bertz CT molecular complexity index is 457. The molecule has 122 valence electrons. The number of aliphatic carboxylic acids is 1. The van der Waals surface area contributed by atoms with Gasteiger partial charge < -0.3 is 15.3 Å². The first kappa shape index (κ1) is 16.8. The van der Waals surface area contributed by atoms with Gasteiger partial charge in [-0.1, -0.05) is 31.5 Å². The summed E-state index contributed by atoms with van der Waals surface area (Å²) in [4.78, 5) is 14.3. The number of carboxylic acid groups (broad SMARTS) is 1. The van der Waals surface area contributed by atoms with E-state index in [1.807, 2.05) is 37.3 Å².